The summed E-state index contributed by atoms with van der Waals surface area (Å²) in [6.45, 7) is 8.22. The van der Waals surface area contributed by atoms with Gasteiger partial charge in [0.25, 0.3) is 0 Å². The van der Waals surface area contributed by atoms with Gasteiger partial charge in [-0.25, -0.2) is 0 Å². The van der Waals surface area contributed by atoms with Crippen LogP contribution in [-0.4, -0.2) is 52.2 Å². The highest BCUT2D eigenvalue weighted by molar-refractivity contribution is 5.95. The van der Waals surface area contributed by atoms with Gasteiger partial charge in [-0.3, -0.25) is 19.2 Å². The molecule has 0 radical (unpaired) electrons. The van der Waals surface area contributed by atoms with Gasteiger partial charge in [0.15, 0.2) is 0 Å². The molecule has 0 aliphatic carbocycles. The monoisotopic (exact) mass is 293 g/mol. The third kappa shape index (κ3) is 3.81. The Labute approximate surface area is 124 Å². The molecule has 1 aliphatic rings. The summed E-state index contributed by atoms with van der Waals surface area (Å²) in [5.41, 5.74) is 0.660. The van der Waals surface area contributed by atoms with Crippen molar-refractivity contribution in [3.63, 3.8) is 0 Å². The van der Waals surface area contributed by atoms with E-state index in [4.69, 9.17) is 0 Å². The Morgan fingerprint density at radius 2 is 2.33 bits per heavy atom. The molecule has 1 aromatic rings. The average Bonchev–Trinajstić information content (AvgIpc) is 2.89. The molecule has 0 spiro atoms. The maximum Gasteiger partial charge on any atom is 0.237 e. The maximum atomic E-state index is 12.1. The molecule has 2 rings (SSSR count). The normalized spacial score (nSPS) is 19.6. The fourth-order valence-electron chi connectivity index (χ4n) is 2.44. The van der Waals surface area contributed by atoms with Gasteiger partial charge in [-0.2, -0.15) is 5.10 Å². The Hall–Kier alpha value is -1.89. The average molecular weight is 293 g/mol. The minimum atomic E-state index is -0.385. The van der Waals surface area contributed by atoms with E-state index in [-0.39, 0.29) is 30.3 Å². The van der Waals surface area contributed by atoms with Crippen molar-refractivity contribution < 1.29 is 9.59 Å². The summed E-state index contributed by atoms with van der Waals surface area (Å²) < 4.78 is 1.78. The summed E-state index contributed by atoms with van der Waals surface area (Å²) in [7, 11) is 0. The minimum Gasteiger partial charge on any atom is -0.353 e. The largest absolute Gasteiger partial charge is 0.353 e. The lowest BCUT2D eigenvalue weighted by molar-refractivity contribution is -0.132. The number of rotatable bonds is 5. The number of nitrogens with one attached hydrogen (secondary N) is 2. The molecule has 0 aromatic carbocycles. The highest BCUT2D eigenvalue weighted by Crippen LogP contribution is 2.13. The van der Waals surface area contributed by atoms with E-state index in [0.717, 1.165) is 13.1 Å². The molecule has 1 aliphatic heterocycles. The van der Waals surface area contributed by atoms with Crippen molar-refractivity contribution in [2.75, 3.05) is 25.0 Å². The molecular weight excluding hydrogens is 270 g/mol. The van der Waals surface area contributed by atoms with Gasteiger partial charge in [0.2, 0.25) is 11.8 Å². The molecule has 1 atom stereocenters. The summed E-state index contributed by atoms with van der Waals surface area (Å²) in [5.74, 6) is -0.241. The smallest absolute Gasteiger partial charge is 0.237 e. The van der Waals surface area contributed by atoms with Crippen molar-refractivity contribution >= 4 is 17.5 Å². The Bertz CT molecular complexity index is 511. The van der Waals surface area contributed by atoms with Gasteiger partial charge >= 0.3 is 0 Å². The van der Waals surface area contributed by atoms with Crippen molar-refractivity contribution in [1.29, 1.82) is 0 Å². The van der Waals surface area contributed by atoms with E-state index in [1.807, 2.05) is 25.7 Å². The Kier molecular flexibility index (Phi) is 4.95. The van der Waals surface area contributed by atoms with Crippen LogP contribution in [0.15, 0.2) is 12.4 Å². The predicted molar refractivity (Wildman–Crippen MR) is 79.9 cm³/mol. The van der Waals surface area contributed by atoms with Gasteiger partial charge in [0.05, 0.1) is 24.3 Å². The molecule has 2 heterocycles. The molecule has 7 heteroatoms. The van der Waals surface area contributed by atoms with Crippen molar-refractivity contribution in [1.82, 2.24) is 20.0 Å². The first kappa shape index (κ1) is 15.5. The van der Waals surface area contributed by atoms with Crippen LogP contribution < -0.4 is 10.6 Å². The number of amides is 2. The van der Waals surface area contributed by atoms with Crippen molar-refractivity contribution in [3.8, 4) is 0 Å². The van der Waals surface area contributed by atoms with Gasteiger partial charge in [-0.1, -0.05) is 6.92 Å². The number of nitrogens with zero attached hydrogens (tertiary/aromatic N) is 3. The SMILES string of the molecule is CCN1CCNC(=O)C1CC(=O)Nc1cnn(C(C)C)c1. The molecule has 1 aromatic heterocycles. The van der Waals surface area contributed by atoms with Gasteiger partial charge < -0.3 is 10.6 Å². The van der Waals surface area contributed by atoms with Crippen LogP contribution in [0.2, 0.25) is 0 Å². The van der Waals surface area contributed by atoms with Crippen LogP contribution in [-0.2, 0) is 9.59 Å². The van der Waals surface area contributed by atoms with Gasteiger partial charge in [0, 0.05) is 25.3 Å². The molecule has 0 saturated carbocycles. The molecule has 21 heavy (non-hydrogen) atoms. The summed E-state index contributed by atoms with van der Waals surface area (Å²) in [6, 6.07) is -0.140. The lowest BCUT2D eigenvalue weighted by Crippen LogP contribution is -2.56. The number of hydrogen-bond acceptors (Lipinski definition) is 4. The number of carbonyl (C=O) groups is 2. The third-order valence-electron chi connectivity index (χ3n) is 3.64. The molecule has 0 bridgehead atoms. The number of carbonyl (C=O) groups excluding carboxylic acids is 2. The van der Waals surface area contributed by atoms with E-state index in [1.54, 1.807) is 17.1 Å². The van der Waals surface area contributed by atoms with E-state index in [2.05, 4.69) is 15.7 Å². The zero-order chi connectivity index (χ0) is 15.4. The van der Waals surface area contributed by atoms with E-state index >= 15 is 0 Å². The first-order valence-electron chi connectivity index (χ1n) is 7.37. The fourth-order valence-corrected chi connectivity index (χ4v) is 2.44. The molecule has 7 nitrogen and oxygen atoms in total. The zero-order valence-corrected chi connectivity index (χ0v) is 12.8. The molecule has 116 valence electrons. The third-order valence-corrected chi connectivity index (χ3v) is 3.64. The van der Waals surface area contributed by atoms with Crippen molar-refractivity contribution in [3.05, 3.63) is 12.4 Å². The second kappa shape index (κ2) is 6.71. The maximum absolute atomic E-state index is 12.1. The van der Waals surface area contributed by atoms with Gasteiger partial charge in [-0.05, 0) is 20.4 Å². The molecular formula is C14H23N5O2. The second-order valence-corrected chi connectivity index (χ2v) is 5.49. The highest BCUT2D eigenvalue weighted by atomic mass is 16.2. The summed E-state index contributed by atoms with van der Waals surface area (Å²) in [5, 5.41) is 9.78. The standard InChI is InChI=1S/C14H23N5O2/c1-4-18-6-5-15-14(21)12(18)7-13(20)17-11-8-16-19(9-11)10(2)3/h8-10,12H,4-7H2,1-3H3,(H,15,21)(H,17,20). The lowest BCUT2D eigenvalue weighted by atomic mass is 10.1. The first-order valence-corrected chi connectivity index (χ1v) is 7.37. The zero-order valence-electron chi connectivity index (χ0n) is 12.8. The van der Waals surface area contributed by atoms with Crippen LogP contribution in [0.4, 0.5) is 5.69 Å². The molecule has 1 saturated heterocycles. The van der Waals surface area contributed by atoms with E-state index in [0.29, 0.717) is 12.2 Å². The minimum absolute atomic E-state index is 0.0730. The van der Waals surface area contributed by atoms with E-state index < -0.39 is 0 Å². The number of likely N-dealkylation sites (N-methyl/N-ethyl adjacent to an activating group) is 1. The second-order valence-electron chi connectivity index (χ2n) is 5.49. The van der Waals surface area contributed by atoms with E-state index in [1.165, 1.54) is 0 Å². The number of anilines is 1. The number of piperazine rings is 1. The van der Waals surface area contributed by atoms with Crippen molar-refractivity contribution in [2.24, 2.45) is 0 Å². The summed E-state index contributed by atoms with van der Waals surface area (Å²) >= 11 is 0. The Balaban J connectivity index is 1.95. The van der Waals surface area contributed by atoms with Gasteiger partial charge in [0.1, 0.15) is 0 Å². The van der Waals surface area contributed by atoms with Gasteiger partial charge in [-0.15, -0.1) is 0 Å². The topological polar surface area (TPSA) is 79.3 Å². The van der Waals surface area contributed by atoms with Crippen molar-refractivity contribution in [2.45, 2.75) is 39.3 Å². The molecule has 2 amide bonds. The summed E-state index contributed by atoms with van der Waals surface area (Å²) in [4.78, 5) is 26.0. The fraction of sp³-hybridized carbons (Fsp3) is 0.643. The highest BCUT2D eigenvalue weighted by Gasteiger charge is 2.30. The van der Waals surface area contributed by atoms with Crippen LogP contribution in [0, 0.1) is 0 Å². The first-order chi connectivity index (χ1) is 10.0. The predicted octanol–water partition coefficient (Wildman–Crippen LogP) is 0.613. The van der Waals surface area contributed by atoms with Crippen LogP contribution >= 0.6 is 0 Å². The van der Waals surface area contributed by atoms with Crippen LogP contribution in [0.3, 0.4) is 0 Å². The molecule has 2 N–H and O–H groups in total. The quantitative estimate of drug-likeness (QED) is 0.834. The molecule has 1 fully saturated rings. The lowest BCUT2D eigenvalue weighted by Gasteiger charge is -2.33. The Morgan fingerprint density at radius 3 is 2.95 bits per heavy atom. The van der Waals surface area contributed by atoms with E-state index in [9.17, 15) is 9.59 Å². The molecule has 1 unspecified atom stereocenters. The van der Waals surface area contributed by atoms with Crippen LogP contribution in [0.25, 0.3) is 0 Å². The summed E-state index contributed by atoms with van der Waals surface area (Å²) in [6.07, 6.45) is 3.57. The number of hydrogen-bond donors (Lipinski definition) is 2. The van der Waals surface area contributed by atoms with Crippen LogP contribution in [0.1, 0.15) is 33.2 Å². The van der Waals surface area contributed by atoms with Crippen LogP contribution in [0.5, 0.6) is 0 Å². The number of aromatic nitrogens is 2. The Morgan fingerprint density at radius 1 is 1.57 bits per heavy atom.